The predicted molar refractivity (Wildman–Crippen MR) is 76.2 cm³/mol. The second kappa shape index (κ2) is 6.26. The zero-order valence-electron chi connectivity index (χ0n) is 11.5. The maximum Gasteiger partial charge on any atom is 0.124 e. The van der Waals surface area contributed by atoms with E-state index in [9.17, 15) is 10.2 Å². The summed E-state index contributed by atoms with van der Waals surface area (Å²) in [4.78, 5) is 2.41. The molecule has 1 fully saturated rings. The highest BCUT2D eigenvalue weighted by molar-refractivity contribution is 5.41. The molecule has 0 spiro atoms. The zero-order valence-corrected chi connectivity index (χ0v) is 11.5. The van der Waals surface area contributed by atoms with Crippen LogP contribution in [0.3, 0.4) is 0 Å². The van der Waals surface area contributed by atoms with Crippen LogP contribution >= 0.6 is 0 Å². The van der Waals surface area contributed by atoms with E-state index in [0.717, 1.165) is 18.5 Å². The average molecular weight is 264 g/mol. The van der Waals surface area contributed by atoms with E-state index in [4.69, 9.17) is 5.73 Å². The SMILES string of the molecule is CCC1CCCCN1C(CN)c1ccc(O)cc1O. The molecule has 0 aliphatic carbocycles. The molecule has 0 bridgehead atoms. The molecule has 0 aromatic heterocycles. The lowest BCUT2D eigenvalue weighted by molar-refractivity contribution is 0.0935. The topological polar surface area (TPSA) is 69.7 Å². The molecule has 1 aromatic carbocycles. The maximum atomic E-state index is 10.0. The summed E-state index contributed by atoms with van der Waals surface area (Å²) in [6.07, 6.45) is 4.76. The van der Waals surface area contributed by atoms with Gasteiger partial charge >= 0.3 is 0 Å². The molecule has 1 aliphatic rings. The molecule has 4 N–H and O–H groups in total. The van der Waals surface area contributed by atoms with Gasteiger partial charge < -0.3 is 15.9 Å². The van der Waals surface area contributed by atoms with Gasteiger partial charge in [0.05, 0.1) is 6.04 Å². The molecule has 1 aromatic rings. The third-order valence-corrected chi connectivity index (χ3v) is 4.14. The maximum absolute atomic E-state index is 10.0. The van der Waals surface area contributed by atoms with Crippen LogP contribution < -0.4 is 5.73 Å². The Labute approximate surface area is 114 Å². The third-order valence-electron chi connectivity index (χ3n) is 4.14. The van der Waals surface area contributed by atoms with Crippen LogP contribution in [0.1, 0.15) is 44.2 Å². The van der Waals surface area contributed by atoms with Crippen molar-refractivity contribution in [2.75, 3.05) is 13.1 Å². The minimum Gasteiger partial charge on any atom is -0.508 e. The van der Waals surface area contributed by atoms with Crippen molar-refractivity contribution in [2.24, 2.45) is 5.73 Å². The van der Waals surface area contributed by atoms with Crippen molar-refractivity contribution in [3.05, 3.63) is 23.8 Å². The number of phenols is 2. The van der Waals surface area contributed by atoms with Gasteiger partial charge in [0, 0.05) is 24.2 Å². The molecular formula is C15H24N2O2. The average Bonchev–Trinajstić information content (AvgIpc) is 2.42. The van der Waals surface area contributed by atoms with Crippen LogP contribution in [0.4, 0.5) is 0 Å². The lowest BCUT2D eigenvalue weighted by Crippen LogP contribution is -2.44. The number of aromatic hydroxyl groups is 2. The van der Waals surface area contributed by atoms with Crippen molar-refractivity contribution in [1.29, 1.82) is 0 Å². The van der Waals surface area contributed by atoms with E-state index in [0.29, 0.717) is 12.6 Å². The predicted octanol–water partition coefficient (Wildman–Crippen LogP) is 2.36. The smallest absolute Gasteiger partial charge is 0.124 e. The van der Waals surface area contributed by atoms with Gasteiger partial charge in [-0.15, -0.1) is 0 Å². The number of nitrogens with two attached hydrogens (primary N) is 1. The Balaban J connectivity index is 2.27. The Morgan fingerprint density at radius 3 is 2.79 bits per heavy atom. The van der Waals surface area contributed by atoms with Crippen molar-refractivity contribution in [2.45, 2.75) is 44.7 Å². The van der Waals surface area contributed by atoms with Crippen molar-refractivity contribution in [3.8, 4) is 11.5 Å². The van der Waals surface area contributed by atoms with Gasteiger partial charge in [0.1, 0.15) is 11.5 Å². The summed E-state index contributed by atoms with van der Waals surface area (Å²) >= 11 is 0. The number of benzene rings is 1. The molecule has 1 saturated heterocycles. The zero-order chi connectivity index (χ0) is 13.8. The fourth-order valence-corrected chi connectivity index (χ4v) is 3.13. The summed E-state index contributed by atoms with van der Waals surface area (Å²) in [7, 11) is 0. The van der Waals surface area contributed by atoms with Crippen molar-refractivity contribution < 1.29 is 10.2 Å². The van der Waals surface area contributed by atoms with E-state index < -0.39 is 0 Å². The molecule has 2 rings (SSSR count). The van der Waals surface area contributed by atoms with Gasteiger partial charge in [-0.05, 0) is 31.9 Å². The lowest BCUT2D eigenvalue weighted by Gasteiger charge is -2.41. The van der Waals surface area contributed by atoms with Gasteiger partial charge in [-0.2, -0.15) is 0 Å². The first-order chi connectivity index (χ1) is 9.17. The minimum absolute atomic E-state index is 0.0332. The molecule has 1 heterocycles. The Kier molecular flexibility index (Phi) is 4.66. The molecule has 106 valence electrons. The number of likely N-dealkylation sites (tertiary alicyclic amines) is 1. The standard InChI is InChI=1S/C15H24N2O2/c1-2-11-5-3-4-8-17(11)14(10-16)13-7-6-12(18)9-15(13)19/h6-7,9,11,14,18-19H,2-5,8,10,16H2,1H3. The summed E-state index contributed by atoms with van der Waals surface area (Å²) in [5.74, 6) is 0.221. The van der Waals surface area contributed by atoms with Crippen LogP contribution in [-0.4, -0.2) is 34.2 Å². The van der Waals surface area contributed by atoms with Crippen LogP contribution in [0.5, 0.6) is 11.5 Å². The molecule has 4 nitrogen and oxygen atoms in total. The first kappa shape index (κ1) is 14.2. The van der Waals surface area contributed by atoms with Crippen LogP contribution in [0.2, 0.25) is 0 Å². The summed E-state index contributed by atoms with van der Waals surface area (Å²) in [6, 6.07) is 5.36. The highest BCUT2D eigenvalue weighted by Crippen LogP contribution is 2.35. The van der Waals surface area contributed by atoms with Gasteiger partial charge in [-0.3, -0.25) is 4.90 Å². The van der Waals surface area contributed by atoms with E-state index in [-0.39, 0.29) is 17.5 Å². The highest BCUT2D eigenvalue weighted by Gasteiger charge is 2.29. The van der Waals surface area contributed by atoms with Gasteiger partial charge in [0.15, 0.2) is 0 Å². The molecule has 0 saturated carbocycles. The number of phenolic OH excluding ortho intramolecular Hbond substituents is 2. The molecule has 2 atom stereocenters. The first-order valence-electron chi connectivity index (χ1n) is 7.15. The largest absolute Gasteiger partial charge is 0.508 e. The van der Waals surface area contributed by atoms with E-state index >= 15 is 0 Å². The van der Waals surface area contributed by atoms with Gasteiger partial charge in [0.25, 0.3) is 0 Å². The van der Waals surface area contributed by atoms with Crippen molar-refractivity contribution in [3.63, 3.8) is 0 Å². The second-order valence-corrected chi connectivity index (χ2v) is 5.29. The van der Waals surface area contributed by atoms with Gasteiger partial charge in [-0.1, -0.05) is 19.4 Å². The number of hydrogen-bond acceptors (Lipinski definition) is 4. The molecular weight excluding hydrogens is 240 g/mol. The van der Waals surface area contributed by atoms with E-state index in [2.05, 4.69) is 11.8 Å². The van der Waals surface area contributed by atoms with E-state index in [1.165, 1.54) is 25.3 Å². The van der Waals surface area contributed by atoms with E-state index in [1.54, 1.807) is 12.1 Å². The van der Waals surface area contributed by atoms with Crippen LogP contribution in [0.25, 0.3) is 0 Å². The van der Waals surface area contributed by atoms with Crippen LogP contribution in [0, 0.1) is 0 Å². The molecule has 0 amide bonds. The fraction of sp³-hybridized carbons (Fsp3) is 0.600. The number of rotatable bonds is 4. The molecule has 2 unspecified atom stereocenters. The summed E-state index contributed by atoms with van der Waals surface area (Å²) in [5, 5.41) is 19.4. The van der Waals surface area contributed by atoms with Crippen LogP contribution in [0.15, 0.2) is 18.2 Å². The Morgan fingerprint density at radius 1 is 1.37 bits per heavy atom. The molecule has 4 heteroatoms. The summed E-state index contributed by atoms with van der Waals surface area (Å²) in [6.45, 7) is 3.71. The molecule has 1 aliphatic heterocycles. The lowest BCUT2D eigenvalue weighted by atomic mass is 9.94. The monoisotopic (exact) mass is 264 g/mol. The first-order valence-corrected chi connectivity index (χ1v) is 7.15. The Hall–Kier alpha value is -1.26. The van der Waals surface area contributed by atoms with Gasteiger partial charge in [-0.25, -0.2) is 0 Å². The van der Waals surface area contributed by atoms with Crippen LogP contribution in [-0.2, 0) is 0 Å². The number of nitrogens with zero attached hydrogens (tertiary/aromatic N) is 1. The minimum atomic E-state index is 0.0332. The second-order valence-electron chi connectivity index (χ2n) is 5.29. The van der Waals surface area contributed by atoms with Crippen molar-refractivity contribution >= 4 is 0 Å². The summed E-state index contributed by atoms with van der Waals surface area (Å²) < 4.78 is 0. The number of piperidine rings is 1. The third kappa shape index (κ3) is 3.01. The molecule has 19 heavy (non-hydrogen) atoms. The highest BCUT2D eigenvalue weighted by atomic mass is 16.3. The molecule has 0 radical (unpaired) electrons. The normalized spacial score (nSPS) is 22.3. The Bertz CT molecular complexity index is 423. The Morgan fingerprint density at radius 2 is 2.16 bits per heavy atom. The quantitative estimate of drug-likeness (QED) is 0.781. The number of hydrogen-bond donors (Lipinski definition) is 3. The summed E-state index contributed by atoms with van der Waals surface area (Å²) in [5.41, 5.74) is 6.76. The fourth-order valence-electron chi connectivity index (χ4n) is 3.13. The van der Waals surface area contributed by atoms with E-state index in [1.807, 2.05) is 0 Å². The van der Waals surface area contributed by atoms with Crippen molar-refractivity contribution in [1.82, 2.24) is 4.90 Å². The van der Waals surface area contributed by atoms with Gasteiger partial charge in [0.2, 0.25) is 0 Å².